The first-order chi connectivity index (χ1) is 5.93. The van der Waals surface area contributed by atoms with Crippen molar-refractivity contribution in [2.24, 2.45) is 17.8 Å². The zero-order chi connectivity index (χ0) is 10.4. The predicted molar refractivity (Wildman–Crippen MR) is 57.1 cm³/mol. The van der Waals surface area contributed by atoms with Crippen molar-refractivity contribution in [2.75, 3.05) is 6.16 Å². The maximum atomic E-state index is 10.7. The van der Waals surface area contributed by atoms with Gasteiger partial charge in [-0.25, -0.2) is 0 Å². The molecule has 2 nitrogen and oxygen atoms in total. The first-order valence-corrected chi connectivity index (χ1v) is 6.46. The van der Waals surface area contributed by atoms with E-state index in [9.17, 15) is 4.57 Å². The highest BCUT2D eigenvalue weighted by Crippen LogP contribution is 2.28. The topological polar surface area (TPSA) is 37.3 Å². The minimum absolute atomic E-state index is 0.413. The molecule has 3 heteroatoms. The van der Waals surface area contributed by atoms with E-state index >= 15 is 0 Å². The van der Waals surface area contributed by atoms with Gasteiger partial charge in [-0.15, -0.1) is 0 Å². The van der Waals surface area contributed by atoms with E-state index in [4.69, 9.17) is 4.89 Å². The molecule has 0 aromatic carbocycles. The highest BCUT2D eigenvalue weighted by Gasteiger charge is 2.23. The molecule has 0 amide bonds. The maximum absolute atomic E-state index is 10.7. The molecular formula is C10H22O2P+. The molecule has 0 saturated heterocycles. The molecule has 0 radical (unpaired) electrons. The lowest BCUT2D eigenvalue weighted by Crippen LogP contribution is -2.12. The van der Waals surface area contributed by atoms with Gasteiger partial charge in [-0.1, -0.05) is 34.1 Å². The van der Waals surface area contributed by atoms with Gasteiger partial charge in [-0.2, -0.15) is 4.89 Å². The second-order valence-electron chi connectivity index (χ2n) is 4.51. The van der Waals surface area contributed by atoms with Crippen LogP contribution in [0.3, 0.4) is 0 Å². The third-order valence-corrected chi connectivity index (χ3v) is 3.23. The molecule has 0 aliphatic heterocycles. The molecule has 0 rings (SSSR count). The molecule has 0 aromatic heterocycles. The summed E-state index contributed by atoms with van der Waals surface area (Å²) in [5.41, 5.74) is 0. The third-order valence-electron chi connectivity index (χ3n) is 2.45. The molecule has 0 spiro atoms. The molecule has 13 heavy (non-hydrogen) atoms. The van der Waals surface area contributed by atoms with Gasteiger partial charge >= 0.3 is 8.03 Å². The van der Waals surface area contributed by atoms with Crippen LogP contribution >= 0.6 is 8.03 Å². The van der Waals surface area contributed by atoms with E-state index in [1.54, 1.807) is 0 Å². The smallest absolute Gasteiger partial charge is 0.161 e. The Kier molecular flexibility index (Phi) is 6.53. The summed E-state index contributed by atoms with van der Waals surface area (Å²) in [6.45, 7) is 8.64. The summed E-state index contributed by atoms with van der Waals surface area (Å²) < 4.78 is 10.7. The first kappa shape index (κ1) is 13.1. The van der Waals surface area contributed by atoms with E-state index in [0.29, 0.717) is 23.9 Å². The molecule has 2 atom stereocenters. The molecule has 0 aromatic rings. The maximum Gasteiger partial charge on any atom is 0.505 e. The van der Waals surface area contributed by atoms with E-state index in [1.807, 2.05) is 0 Å². The summed E-state index contributed by atoms with van der Waals surface area (Å²) in [4.78, 5) is 8.85. The van der Waals surface area contributed by atoms with Gasteiger partial charge in [0.15, 0.2) is 6.16 Å². The van der Waals surface area contributed by atoms with Crippen molar-refractivity contribution in [1.82, 2.24) is 0 Å². The Morgan fingerprint density at radius 3 is 2.00 bits per heavy atom. The van der Waals surface area contributed by atoms with Crippen LogP contribution < -0.4 is 0 Å². The number of rotatable bonds is 6. The normalized spacial score (nSPS) is 15.2. The molecule has 0 fully saturated rings. The summed E-state index contributed by atoms with van der Waals surface area (Å²) in [7, 11) is -1.95. The molecule has 0 saturated carbocycles. The summed E-state index contributed by atoms with van der Waals surface area (Å²) in [6.07, 6.45) is 2.71. The van der Waals surface area contributed by atoms with Crippen LogP contribution in [0.2, 0.25) is 0 Å². The minimum atomic E-state index is -1.95. The van der Waals surface area contributed by atoms with Crippen LogP contribution in [0.4, 0.5) is 0 Å². The van der Waals surface area contributed by atoms with E-state index in [2.05, 4.69) is 27.7 Å². The predicted octanol–water partition coefficient (Wildman–Crippen LogP) is 3.43. The van der Waals surface area contributed by atoms with E-state index < -0.39 is 8.03 Å². The standard InChI is InChI=1S/C10H21O2P/c1-8(2)5-6-10(9(3)4)7-13(11)12/h8-10H,5-7H2,1-4H3/p+1. The average molecular weight is 205 g/mol. The monoisotopic (exact) mass is 205 g/mol. The van der Waals surface area contributed by atoms with Gasteiger partial charge in [0, 0.05) is 5.92 Å². The van der Waals surface area contributed by atoms with Crippen LogP contribution in [0.5, 0.6) is 0 Å². The third kappa shape index (κ3) is 7.16. The highest BCUT2D eigenvalue weighted by atomic mass is 31.1. The summed E-state index contributed by atoms with van der Waals surface area (Å²) >= 11 is 0. The van der Waals surface area contributed by atoms with Gasteiger partial charge in [-0.3, -0.25) is 0 Å². The fourth-order valence-electron chi connectivity index (χ4n) is 1.38. The molecular weight excluding hydrogens is 183 g/mol. The lowest BCUT2D eigenvalue weighted by Gasteiger charge is -2.16. The van der Waals surface area contributed by atoms with Crippen molar-refractivity contribution in [3.05, 3.63) is 0 Å². The van der Waals surface area contributed by atoms with Crippen molar-refractivity contribution in [2.45, 2.75) is 40.5 Å². The van der Waals surface area contributed by atoms with Crippen LogP contribution in [-0.4, -0.2) is 11.1 Å². The second-order valence-corrected chi connectivity index (χ2v) is 5.58. The lowest BCUT2D eigenvalue weighted by molar-refractivity contribution is 0.353. The van der Waals surface area contributed by atoms with Crippen LogP contribution in [0.25, 0.3) is 0 Å². The van der Waals surface area contributed by atoms with Gasteiger partial charge < -0.3 is 0 Å². The Balaban J connectivity index is 3.88. The molecule has 1 N–H and O–H groups in total. The van der Waals surface area contributed by atoms with Crippen molar-refractivity contribution in [1.29, 1.82) is 0 Å². The Morgan fingerprint density at radius 2 is 1.69 bits per heavy atom. The van der Waals surface area contributed by atoms with Gasteiger partial charge in [-0.05, 0) is 22.8 Å². The molecule has 0 aliphatic rings. The van der Waals surface area contributed by atoms with Gasteiger partial charge in [0.2, 0.25) is 0 Å². The zero-order valence-electron chi connectivity index (χ0n) is 9.16. The first-order valence-electron chi connectivity index (χ1n) is 5.07. The fraction of sp³-hybridized carbons (Fsp3) is 1.00. The Labute approximate surface area is 82.6 Å². The molecule has 0 heterocycles. The van der Waals surface area contributed by atoms with E-state index in [-0.39, 0.29) is 0 Å². The Bertz CT molecular complexity index is 155. The van der Waals surface area contributed by atoms with Crippen molar-refractivity contribution in [3.63, 3.8) is 0 Å². The minimum Gasteiger partial charge on any atom is -0.161 e. The van der Waals surface area contributed by atoms with Gasteiger partial charge in [0.25, 0.3) is 0 Å². The Morgan fingerprint density at radius 1 is 1.15 bits per heavy atom. The van der Waals surface area contributed by atoms with E-state index in [1.165, 1.54) is 0 Å². The number of hydrogen-bond acceptors (Lipinski definition) is 1. The SMILES string of the molecule is CC(C)CCC(C[P+](=O)O)C(C)C. The highest BCUT2D eigenvalue weighted by molar-refractivity contribution is 7.38. The second kappa shape index (κ2) is 6.50. The zero-order valence-corrected chi connectivity index (χ0v) is 10.1. The van der Waals surface area contributed by atoms with Crippen molar-refractivity contribution >= 4 is 8.03 Å². The molecule has 2 unspecified atom stereocenters. The van der Waals surface area contributed by atoms with E-state index in [0.717, 1.165) is 12.8 Å². The van der Waals surface area contributed by atoms with Crippen LogP contribution in [0, 0.1) is 17.8 Å². The Hall–Kier alpha value is 0.0600. The lowest BCUT2D eigenvalue weighted by atomic mass is 9.90. The van der Waals surface area contributed by atoms with Gasteiger partial charge in [0.1, 0.15) is 0 Å². The largest absolute Gasteiger partial charge is 0.505 e. The summed E-state index contributed by atoms with van der Waals surface area (Å²) in [5, 5.41) is 0. The fourth-order valence-corrected chi connectivity index (χ4v) is 2.39. The van der Waals surface area contributed by atoms with Gasteiger partial charge in [0.05, 0.1) is 0 Å². The van der Waals surface area contributed by atoms with Crippen LogP contribution in [0.15, 0.2) is 0 Å². The summed E-state index contributed by atoms with van der Waals surface area (Å²) in [6, 6.07) is 0. The average Bonchev–Trinajstić information content (AvgIpc) is 1.96. The quantitative estimate of drug-likeness (QED) is 0.674. The molecule has 78 valence electrons. The van der Waals surface area contributed by atoms with Crippen molar-refractivity contribution in [3.8, 4) is 0 Å². The number of hydrogen-bond donors (Lipinski definition) is 1. The van der Waals surface area contributed by atoms with Crippen molar-refractivity contribution < 1.29 is 9.46 Å². The van der Waals surface area contributed by atoms with Crippen LogP contribution in [0.1, 0.15) is 40.5 Å². The van der Waals surface area contributed by atoms with Crippen LogP contribution in [-0.2, 0) is 4.57 Å². The molecule has 0 bridgehead atoms. The molecule has 0 aliphatic carbocycles. The summed E-state index contributed by atoms with van der Waals surface area (Å²) in [5.74, 6) is 1.62.